The highest BCUT2D eigenvalue weighted by Gasteiger charge is 2.35. The lowest BCUT2D eigenvalue weighted by molar-refractivity contribution is 0.398. The lowest BCUT2D eigenvalue weighted by Crippen LogP contribution is -2.29. The first-order valence-electron chi connectivity index (χ1n) is 7.55. The molecule has 1 atom stereocenters. The van der Waals surface area contributed by atoms with E-state index in [0.717, 1.165) is 17.5 Å². The lowest BCUT2D eigenvalue weighted by atomic mass is 10.0. The van der Waals surface area contributed by atoms with E-state index in [4.69, 9.17) is 4.74 Å². The van der Waals surface area contributed by atoms with Gasteiger partial charge in [0.25, 0.3) is 0 Å². The first-order valence-corrected chi connectivity index (χ1v) is 8.99. The molecule has 0 radical (unpaired) electrons. The zero-order valence-electron chi connectivity index (χ0n) is 13.6. The van der Waals surface area contributed by atoms with Crippen LogP contribution in [0.1, 0.15) is 23.5 Å². The van der Waals surface area contributed by atoms with Crippen LogP contribution in [0.15, 0.2) is 35.5 Å². The van der Waals surface area contributed by atoms with E-state index >= 15 is 0 Å². The van der Waals surface area contributed by atoms with Crippen molar-refractivity contribution in [2.45, 2.75) is 24.2 Å². The molecule has 0 spiro atoms. The zero-order valence-corrected chi connectivity index (χ0v) is 14.4. The van der Waals surface area contributed by atoms with Gasteiger partial charge in [0.1, 0.15) is 10.6 Å². The van der Waals surface area contributed by atoms with Crippen molar-refractivity contribution < 1.29 is 13.2 Å². The Morgan fingerprint density at radius 3 is 2.78 bits per heavy atom. The standard InChI is InChI=1S/C16H21N3O3S/c1-12-4-5-15(22-3)16(8-12)23(20,21)19-7-6-13(11-19)14-9-17-18(2)10-14/h4-5,8-10,13H,6-7,11H2,1-3H3/t13-/m0/s1. The molecule has 2 heterocycles. The number of ether oxygens (including phenoxy) is 1. The van der Waals surface area contributed by atoms with Gasteiger partial charge in [-0.15, -0.1) is 0 Å². The Morgan fingerprint density at radius 1 is 1.35 bits per heavy atom. The molecule has 2 aromatic rings. The highest BCUT2D eigenvalue weighted by atomic mass is 32.2. The molecule has 0 bridgehead atoms. The normalized spacial score (nSPS) is 19.2. The number of nitrogens with zero attached hydrogens (tertiary/aromatic N) is 3. The summed E-state index contributed by atoms with van der Waals surface area (Å²) in [4.78, 5) is 0.242. The predicted molar refractivity (Wildman–Crippen MR) is 87.1 cm³/mol. The molecular formula is C16H21N3O3S. The van der Waals surface area contributed by atoms with Crippen molar-refractivity contribution >= 4 is 10.0 Å². The second-order valence-electron chi connectivity index (χ2n) is 5.95. The molecule has 0 N–H and O–H groups in total. The van der Waals surface area contributed by atoms with Crippen LogP contribution in [0, 0.1) is 6.92 Å². The van der Waals surface area contributed by atoms with Crippen LogP contribution in [0.2, 0.25) is 0 Å². The third kappa shape index (κ3) is 2.98. The minimum absolute atomic E-state index is 0.189. The van der Waals surface area contributed by atoms with E-state index in [1.807, 2.05) is 32.4 Å². The van der Waals surface area contributed by atoms with Crippen LogP contribution in [0.25, 0.3) is 0 Å². The highest BCUT2D eigenvalue weighted by Crippen LogP contribution is 2.34. The van der Waals surface area contributed by atoms with Gasteiger partial charge in [0.05, 0.1) is 13.3 Å². The summed E-state index contributed by atoms with van der Waals surface area (Å²) >= 11 is 0. The summed E-state index contributed by atoms with van der Waals surface area (Å²) in [6.45, 7) is 2.87. The van der Waals surface area contributed by atoms with E-state index in [0.29, 0.717) is 18.8 Å². The van der Waals surface area contributed by atoms with Gasteiger partial charge in [-0.2, -0.15) is 9.40 Å². The summed E-state index contributed by atoms with van der Waals surface area (Å²) in [6, 6.07) is 5.22. The second-order valence-corrected chi connectivity index (χ2v) is 7.86. The second kappa shape index (κ2) is 5.98. The maximum Gasteiger partial charge on any atom is 0.246 e. The van der Waals surface area contributed by atoms with E-state index in [-0.39, 0.29) is 10.8 Å². The molecule has 3 rings (SSSR count). The van der Waals surface area contributed by atoms with Crippen LogP contribution < -0.4 is 4.74 Å². The molecule has 7 heteroatoms. The Balaban J connectivity index is 1.88. The van der Waals surface area contributed by atoms with Gasteiger partial charge in [0, 0.05) is 32.3 Å². The van der Waals surface area contributed by atoms with E-state index in [9.17, 15) is 8.42 Å². The monoisotopic (exact) mass is 335 g/mol. The highest BCUT2D eigenvalue weighted by molar-refractivity contribution is 7.89. The third-order valence-corrected chi connectivity index (χ3v) is 6.17. The third-order valence-electron chi connectivity index (χ3n) is 4.28. The zero-order chi connectivity index (χ0) is 16.6. The van der Waals surface area contributed by atoms with E-state index in [1.54, 1.807) is 21.1 Å². The molecule has 1 saturated heterocycles. The van der Waals surface area contributed by atoms with Crippen LogP contribution in [0.3, 0.4) is 0 Å². The van der Waals surface area contributed by atoms with Gasteiger partial charge in [-0.25, -0.2) is 8.42 Å². The molecule has 1 fully saturated rings. The first-order chi connectivity index (χ1) is 10.9. The minimum atomic E-state index is -3.56. The first kappa shape index (κ1) is 16.0. The quantitative estimate of drug-likeness (QED) is 0.856. The van der Waals surface area contributed by atoms with Gasteiger partial charge < -0.3 is 4.74 Å². The molecule has 0 amide bonds. The maximum atomic E-state index is 13.0. The van der Waals surface area contributed by atoms with E-state index in [2.05, 4.69) is 5.10 Å². The van der Waals surface area contributed by atoms with Crippen molar-refractivity contribution in [2.24, 2.45) is 7.05 Å². The van der Waals surface area contributed by atoms with Crippen LogP contribution in [-0.4, -0.2) is 42.7 Å². The summed E-state index contributed by atoms with van der Waals surface area (Å²) in [5, 5.41) is 4.17. The van der Waals surface area contributed by atoms with Crippen molar-refractivity contribution in [1.29, 1.82) is 0 Å². The molecule has 1 aliphatic heterocycles. The van der Waals surface area contributed by atoms with Gasteiger partial charge in [-0.1, -0.05) is 6.07 Å². The van der Waals surface area contributed by atoms with Crippen molar-refractivity contribution in [3.8, 4) is 5.75 Å². The Labute approximate surface area is 136 Å². The van der Waals surface area contributed by atoms with Gasteiger partial charge in [0.2, 0.25) is 10.0 Å². The Bertz CT molecular complexity index is 814. The van der Waals surface area contributed by atoms with Crippen LogP contribution in [-0.2, 0) is 17.1 Å². The van der Waals surface area contributed by atoms with Crippen LogP contribution in [0.5, 0.6) is 5.75 Å². The number of benzene rings is 1. The molecule has 23 heavy (non-hydrogen) atoms. The molecule has 6 nitrogen and oxygen atoms in total. The number of aryl methyl sites for hydroxylation is 2. The number of hydrogen-bond acceptors (Lipinski definition) is 4. The molecule has 0 aliphatic carbocycles. The number of aromatic nitrogens is 2. The largest absolute Gasteiger partial charge is 0.495 e. The Hall–Kier alpha value is -1.86. The molecule has 1 aromatic carbocycles. The minimum Gasteiger partial charge on any atom is -0.495 e. The average Bonchev–Trinajstić information content (AvgIpc) is 3.16. The summed E-state index contributed by atoms with van der Waals surface area (Å²) in [7, 11) is -0.199. The smallest absolute Gasteiger partial charge is 0.246 e. The number of methoxy groups -OCH3 is 1. The lowest BCUT2D eigenvalue weighted by Gasteiger charge is -2.18. The molecular weight excluding hydrogens is 314 g/mol. The van der Waals surface area contributed by atoms with Crippen molar-refractivity contribution in [1.82, 2.24) is 14.1 Å². The summed E-state index contributed by atoms with van der Waals surface area (Å²) in [5.41, 5.74) is 1.98. The average molecular weight is 335 g/mol. The summed E-state index contributed by atoms with van der Waals surface area (Å²) < 4.78 is 34.5. The number of sulfonamides is 1. The van der Waals surface area contributed by atoms with Gasteiger partial charge in [-0.05, 0) is 36.6 Å². The molecule has 0 unspecified atom stereocenters. The molecule has 0 saturated carbocycles. The van der Waals surface area contributed by atoms with E-state index < -0.39 is 10.0 Å². The molecule has 1 aromatic heterocycles. The van der Waals surface area contributed by atoms with Gasteiger partial charge in [0.15, 0.2) is 0 Å². The summed E-state index contributed by atoms with van der Waals surface area (Å²) in [5.74, 6) is 0.578. The molecule has 124 valence electrons. The van der Waals surface area contributed by atoms with Crippen molar-refractivity contribution in [3.05, 3.63) is 41.7 Å². The topological polar surface area (TPSA) is 64.4 Å². The fraction of sp³-hybridized carbons (Fsp3) is 0.438. The fourth-order valence-corrected chi connectivity index (χ4v) is 4.73. The Morgan fingerprint density at radius 2 is 2.13 bits per heavy atom. The van der Waals surface area contributed by atoms with Crippen molar-refractivity contribution in [3.63, 3.8) is 0 Å². The number of rotatable bonds is 4. The van der Waals surface area contributed by atoms with Gasteiger partial charge >= 0.3 is 0 Å². The SMILES string of the molecule is COc1ccc(C)cc1S(=O)(=O)N1CC[C@H](c2cnn(C)c2)C1. The fourth-order valence-electron chi connectivity index (χ4n) is 2.99. The number of hydrogen-bond donors (Lipinski definition) is 0. The van der Waals surface area contributed by atoms with Crippen molar-refractivity contribution in [2.75, 3.05) is 20.2 Å². The predicted octanol–water partition coefficient (Wildman–Crippen LogP) is 1.92. The Kier molecular flexibility index (Phi) is 4.16. The van der Waals surface area contributed by atoms with Crippen LogP contribution >= 0.6 is 0 Å². The van der Waals surface area contributed by atoms with Gasteiger partial charge in [-0.3, -0.25) is 4.68 Å². The summed E-state index contributed by atoms with van der Waals surface area (Å²) in [6.07, 6.45) is 4.57. The maximum absolute atomic E-state index is 13.0. The van der Waals surface area contributed by atoms with Crippen LogP contribution in [0.4, 0.5) is 0 Å². The van der Waals surface area contributed by atoms with E-state index in [1.165, 1.54) is 7.11 Å². The molecule has 1 aliphatic rings.